The Bertz CT molecular complexity index is 435. The van der Waals surface area contributed by atoms with Crippen molar-refractivity contribution >= 4 is 23.5 Å². The van der Waals surface area contributed by atoms with E-state index in [1.807, 2.05) is 0 Å². The third-order valence-corrected chi connectivity index (χ3v) is 2.69. The van der Waals surface area contributed by atoms with Crippen molar-refractivity contribution in [3.05, 3.63) is 34.9 Å². The summed E-state index contributed by atoms with van der Waals surface area (Å²) >= 11 is 5.89. The van der Waals surface area contributed by atoms with Gasteiger partial charge in [-0.2, -0.15) is 0 Å². The van der Waals surface area contributed by atoms with Crippen LogP contribution in [0.2, 0.25) is 5.02 Å². The van der Waals surface area contributed by atoms with E-state index in [1.54, 1.807) is 24.3 Å². The normalized spacial score (nSPS) is 13.8. The molecule has 0 aliphatic carbocycles. The monoisotopic (exact) mass is 257 g/mol. The highest BCUT2D eigenvalue weighted by atomic mass is 35.5. The Balaban J connectivity index is 3.09. The number of hydrogen-bond donors (Lipinski definition) is 2. The molecule has 2 unspecified atom stereocenters. The minimum absolute atomic E-state index is 0.315. The van der Waals surface area contributed by atoms with Gasteiger partial charge in [0.15, 0.2) is 5.92 Å². The predicted molar refractivity (Wildman–Crippen MR) is 61.5 cm³/mol. The summed E-state index contributed by atoms with van der Waals surface area (Å²) in [7, 11) is 1.11. The van der Waals surface area contributed by atoms with Gasteiger partial charge in [-0.05, 0) is 11.6 Å². The van der Waals surface area contributed by atoms with Crippen LogP contribution in [0, 0.1) is 5.92 Å². The fourth-order valence-electron chi connectivity index (χ4n) is 1.45. The maximum absolute atomic E-state index is 11.4. The van der Waals surface area contributed by atoms with E-state index in [9.17, 15) is 9.59 Å². The van der Waals surface area contributed by atoms with Crippen LogP contribution in [0.3, 0.4) is 0 Å². The van der Waals surface area contributed by atoms with E-state index in [4.69, 9.17) is 22.4 Å². The van der Waals surface area contributed by atoms with E-state index in [0.717, 1.165) is 7.11 Å². The van der Waals surface area contributed by atoms with Gasteiger partial charge in [-0.1, -0.05) is 29.8 Å². The fourth-order valence-corrected chi connectivity index (χ4v) is 1.71. The number of carboxylic acids is 1. The number of carbonyl (C=O) groups excluding carboxylic acids is 1. The molecule has 3 N–H and O–H groups in total. The third-order valence-electron chi connectivity index (χ3n) is 2.34. The Morgan fingerprint density at radius 3 is 2.47 bits per heavy atom. The van der Waals surface area contributed by atoms with Gasteiger partial charge in [0, 0.05) is 5.02 Å². The lowest BCUT2D eigenvalue weighted by Gasteiger charge is -2.19. The largest absolute Gasteiger partial charge is 0.481 e. The zero-order valence-corrected chi connectivity index (χ0v) is 9.85. The Kier molecular flexibility index (Phi) is 4.48. The number of esters is 1. The zero-order chi connectivity index (χ0) is 13.0. The van der Waals surface area contributed by atoms with Crippen LogP contribution < -0.4 is 5.73 Å². The summed E-state index contributed by atoms with van der Waals surface area (Å²) < 4.78 is 4.41. The summed E-state index contributed by atoms with van der Waals surface area (Å²) in [6, 6.07) is 5.45. The molecule has 0 fully saturated rings. The molecule has 0 spiro atoms. The van der Waals surface area contributed by atoms with E-state index >= 15 is 0 Å². The second-order valence-corrected chi connectivity index (χ2v) is 3.79. The first-order valence-electron chi connectivity index (χ1n) is 4.79. The molecule has 17 heavy (non-hydrogen) atoms. The van der Waals surface area contributed by atoms with Gasteiger partial charge in [0.1, 0.15) is 0 Å². The molecule has 0 saturated carbocycles. The highest BCUT2D eigenvalue weighted by molar-refractivity contribution is 6.31. The second-order valence-electron chi connectivity index (χ2n) is 3.39. The second kappa shape index (κ2) is 5.65. The van der Waals surface area contributed by atoms with Gasteiger partial charge >= 0.3 is 11.9 Å². The average molecular weight is 258 g/mol. The number of halogens is 1. The minimum atomic E-state index is -1.47. The average Bonchev–Trinajstić information content (AvgIpc) is 2.28. The van der Waals surface area contributed by atoms with Gasteiger partial charge in [0.25, 0.3) is 0 Å². The number of rotatable bonds is 4. The van der Waals surface area contributed by atoms with Crippen LogP contribution in [0.1, 0.15) is 11.6 Å². The smallest absolute Gasteiger partial charge is 0.322 e. The first-order chi connectivity index (χ1) is 7.99. The molecule has 1 aromatic carbocycles. The summed E-state index contributed by atoms with van der Waals surface area (Å²) in [5.74, 6) is -3.71. The van der Waals surface area contributed by atoms with Crippen LogP contribution >= 0.6 is 11.6 Å². The minimum Gasteiger partial charge on any atom is -0.481 e. The van der Waals surface area contributed by atoms with Crippen molar-refractivity contribution in [1.29, 1.82) is 0 Å². The first kappa shape index (κ1) is 13.5. The van der Waals surface area contributed by atoms with Gasteiger partial charge in [0.05, 0.1) is 13.2 Å². The fraction of sp³-hybridized carbons (Fsp3) is 0.273. The van der Waals surface area contributed by atoms with Gasteiger partial charge in [-0.3, -0.25) is 9.59 Å². The van der Waals surface area contributed by atoms with Gasteiger partial charge in [-0.15, -0.1) is 0 Å². The van der Waals surface area contributed by atoms with Crippen molar-refractivity contribution in [3.8, 4) is 0 Å². The first-order valence-corrected chi connectivity index (χ1v) is 5.17. The van der Waals surface area contributed by atoms with Gasteiger partial charge in [-0.25, -0.2) is 0 Å². The molecule has 92 valence electrons. The van der Waals surface area contributed by atoms with Gasteiger partial charge < -0.3 is 15.6 Å². The maximum Gasteiger partial charge on any atom is 0.322 e. The standard InChI is InChI=1S/C11H12ClNO4/c1-17-11(16)8(10(14)15)9(13)6-4-2-3-5-7(6)12/h2-5,8-9H,13H2,1H3,(H,14,15). The number of carbonyl (C=O) groups is 2. The Labute approximate surface area is 103 Å². The number of methoxy groups -OCH3 is 1. The molecule has 0 aromatic heterocycles. The summed E-state index contributed by atoms with van der Waals surface area (Å²) in [6.45, 7) is 0. The molecule has 0 bridgehead atoms. The van der Waals surface area contributed by atoms with E-state index in [0.29, 0.717) is 10.6 Å². The van der Waals surface area contributed by atoms with Crippen molar-refractivity contribution in [3.63, 3.8) is 0 Å². The van der Waals surface area contributed by atoms with Crippen LogP contribution in [0.4, 0.5) is 0 Å². The number of nitrogens with two attached hydrogens (primary N) is 1. The van der Waals surface area contributed by atoms with Crippen molar-refractivity contribution in [2.45, 2.75) is 6.04 Å². The molecule has 0 amide bonds. The van der Waals surface area contributed by atoms with E-state index in [-0.39, 0.29) is 0 Å². The number of aliphatic carboxylic acids is 1. The van der Waals surface area contributed by atoms with Crippen molar-refractivity contribution in [2.75, 3.05) is 7.11 Å². The Hall–Kier alpha value is -1.59. The van der Waals surface area contributed by atoms with Crippen molar-refractivity contribution in [2.24, 2.45) is 11.7 Å². The maximum atomic E-state index is 11.4. The zero-order valence-electron chi connectivity index (χ0n) is 9.09. The third kappa shape index (κ3) is 2.95. The summed E-state index contributed by atoms with van der Waals surface area (Å²) in [4.78, 5) is 22.4. The SMILES string of the molecule is COC(=O)C(C(=O)O)C(N)c1ccccc1Cl. The van der Waals surface area contributed by atoms with E-state index in [1.165, 1.54) is 0 Å². The molecule has 0 saturated heterocycles. The van der Waals surface area contributed by atoms with Crippen LogP contribution in [-0.4, -0.2) is 24.2 Å². The van der Waals surface area contributed by atoms with Crippen molar-refractivity contribution < 1.29 is 19.4 Å². The number of ether oxygens (including phenoxy) is 1. The molecule has 0 aliphatic heterocycles. The van der Waals surface area contributed by atoms with Crippen LogP contribution in [0.15, 0.2) is 24.3 Å². The Morgan fingerprint density at radius 1 is 1.41 bits per heavy atom. The molecule has 2 atom stereocenters. The van der Waals surface area contributed by atoms with Crippen LogP contribution in [-0.2, 0) is 14.3 Å². The molecule has 1 aromatic rings. The number of carboxylic acid groups (broad SMARTS) is 1. The number of hydrogen-bond acceptors (Lipinski definition) is 4. The molecule has 0 aliphatic rings. The summed E-state index contributed by atoms with van der Waals surface area (Å²) in [5, 5.41) is 9.29. The quantitative estimate of drug-likeness (QED) is 0.625. The summed E-state index contributed by atoms with van der Waals surface area (Å²) in [5.41, 5.74) is 6.15. The molecule has 0 radical (unpaired) electrons. The lowest BCUT2D eigenvalue weighted by Crippen LogP contribution is -2.35. The van der Waals surface area contributed by atoms with E-state index < -0.39 is 23.9 Å². The van der Waals surface area contributed by atoms with Crippen LogP contribution in [0.25, 0.3) is 0 Å². The lowest BCUT2D eigenvalue weighted by atomic mass is 9.94. The van der Waals surface area contributed by atoms with Crippen molar-refractivity contribution in [1.82, 2.24) is 0 Å². The number of benzene rings is 1. The highest BCUT2D eigenvalue weighted by Gasteiger charge is 2.35. The molecule has 1 rings (SSSR count). The summed E-state index contributed by atoms with van der Waals surface area (Å²) in [6.07, 6.45) is 0. The Morgan fingerprint density at radius 2 is 2.00 bits per heavy atom. The highest BCUT2D eigenvalue weighted by Crippen LogP contribution is 2.27. The molecule has 0 heterocycles. The molecular weight excluding hydrogens is 246 g/mol. The predicted octanol–water partition coefficient (Wildman–Crippen LogP) is 1.21. The van der Waals surface area contributed by atoms with Gasteiger partial charge in [0.2, 0.25) is 0 Å². The molecule has 5 nitrogen and oxygen atoms in total. The van der Waals surface area contributed by atoms with Crippen LogP contribution in [0.5, 0.6) is 0 Å². The molecule has 6 heteroatoms. The van der Waals surface area contributed by atoms with E-state index in [2.05, 4.69) is 4.74 Å². The lowest BCUT2D eigenvalue weighted by molar-refractivity contribution is -0.157. The topological polar surface area (TPSA) is 89.6 Å². The molecular formula is C11H12ClNO4.